The van der Waals surface area contributed by atoms with E-state index in [1.807, 2.05) is 29.6 Å². The molecule has 2 nitrogen and oxygen atoms in total. The Morgan fingerprint density at radius 3 is 2.62 bits per heavy atom. The number of thiazole rings is 1. The fourth-order valence-electron chi connectivity index (χ4n) is 1.99. The molecule has 1 heterocycles. The van der Waals surface area contributed by atoms with Gasteiger partial charge in [0.1, 0.15) is 5.82 Å². The van der Waals surface area contributed by atoms with Crippen LogP contribution < -0.4 is 5.73 Å². The Morgan fingerprint density at radius 2 is 1.90 bits per heavy atom. The summed E-state index contributed by atoms with van der Waals surface area (Å²) in [6.45, 7) is 0. The predicted octanol–water partition coefficient (Wildman–Crippen LogP) is 4.88. The first-order chi connectivity index (χ1) is 10.1. The summed E-state index contributed by atoms with van der Waals surface area (Å²) in [4.78, 5) is 4.61. The number of rotatable bonds is 3. The molecule has 5 heteroatoms. The van der Waals surface area contributed by atoms with Gasteiger partial charge in [-0.25, -0.2) is 9.37 Å². The van der Waals surface area contributed by atoms with Gasteiger partial charge in [-0.05, 0) is 51.8 Å². The molecule has 1 aromatic heterocycles. The van der Waals surface area contributed by atoms with Gasteiger partial charge in [0.25, 0.3) is 0 Å². The number of halogens is 2. The number of nitrogen functional groups attached to an aromatic ring is 1. The van der Waals surface area contributed by atoms with E-state index in [1.165, 1.54) is 11.6 Å². The molecular formula is C16H12BrFN2S. The minimum Gasteiger partial charge on any atom is -0.399 e. The molecule has 0 spiro atoms. The van der Waals surface area contributed by atoms with Crippen molar-refractivity contribution in [1.29, 1.82) is 0 Å². The molecule has 3 aromatic rings. The molecule has 21 heavy (non-hydrogen) atoms. The molecule has 0 amide bonds. The molecule has 0 aliphatic heterocycles. The first-order valence-corrected chi connectivity index (χ1v) is 8.03. The van der Waals surface area contributed by atoms with Gasteiger partial charge < -0.3 is 5.73 Å². The third-order valence-electron chi connectivity index (χ3n) is 3.10. The van der Waals surface area contributed by atoms with Crippen LogP contribution in [0.3, 0.4) is 0 Å². The minimum atomic E-state index is -0.268. The highest BCUT2D eigenvalue weighted by atomic mass is 79.9. The number of benzene rings is 2. The van der Waals surface area contributed by atoms with Crippen molar-refractivity contribution in [3.8, 4) is 11.3 Å². The second kappa shape index (κ2) is 5.95. The van der Waals surface area contributed by atoms with Gasteiger partial charge in [-0.15, -0.1) is 11.3 Å². The number of hydrogen-bond acceptors (Lipinski definition) is 3. The SMILES string of the molecule is Nc1ccc(Cc2nc(-c3ccc(F)c(Br)c3)cs2)cc1. The molecule has 0 unspecified atom stereocenters. The van der Waals surface area contributed by atoms with Gasteiger partial charge in [0.15, 0.2) is 0 Å². The Hall–Kier alpha value is -1.72. The van der Waals surface area contributed by atoms with Crippen molar-refractivity contribution in [1.82, 2.24) is 4.98 Å². The number of hydrogen-bond donors (Lipinski definition) is 1. The fraction of sp³-hybridized carbons (Fsp3) is 0.0625. The molecule has 106 valence electrons. The summed E-state index contributed by atoms with van der Waals surface area (Å²) in [6, 6.07) is 12.7. The Morgan fingerprint density at radius 1 is 1.14 bits per heavy atom. The van der Waals surface area contributed by atoms with E-state index < -0.39 is 0 Å². The standard InChI is InChI=1S/C16H12BrFN2S/c17-13-8-11(3-6-14(13)18)15-9-21-16(20-15)7-10-1-4-12(19)5-2-10/h1-6,8-9H,7,19H2. The molecule has 0 aliphatic carbocycles. The molecule has 3 rings (SSSR count). The van der Waals surface area contributed by atoms with Crippen molar-refractivity contribution < 1.29 is 4.39 Å². The van der Waals surface area contributed by atoms with Crippen molar-refractivity contribution in [2.24, 2.45) is 0 Å². The van der Waals surface area contributed by atoms with Crippen LogP contribution >= 0.6 is 27.3 Å². The summed E-state index contributed by atoms with van der Waals surface area (Å²) in [5.74, 6) is -0.268. The molecule has 0 bridgehead atoms. The lowest BCUT2D eigenvalue weighted by Crippen LogP contribution is -1.89. The second-order valence-electron chi connectivity index (χ2n) is 4.67. The molecule has 0 radical (unpaired) electrons. The first-order valence-electron chi connectivity index (χ1n) is 6.36. The molecule has 0 saturated carbocycles. The van der Waals surface area contributed by atoms with Gasteiger partial charge in [-0.1, -0.05) is 12.1 Å². The van der Waals surface area contributed by atoms with Crippen molar-refractivity contribution in [2.75, 3.05) is 5.73 Å². The molecule has 2 aromatic carbocycles. The zero-order valence-corrected chi connectivity index (χ0v) is 13.4. The Bertz CT molecular complexity index is 768. The molecule has 0 atom stereocenters. The quantitative estimate of drug-likeness (QED) is 0.674. The van der Waals surface area contributed by atoms with E-state index in [2.05, 4.69) is 20.9 Å². The highest BCUT2D eigenvalue weighted by Crippen LogP contribution is 2.27. The number of nitrogens with zero attached hydrogens (tertiary/aromatic N) is 1. The summed E-state index contributed by atoms with van der Waals surface area (Å²) >= 11 is 4.80. The van der Waals surface area contributed by atoms with Gasteiger partial charge in [0.05, 0.1) is 15.2 Å². The normalized spacial score (nSPS) is 10.8. The van der Waals surface area contributed by atoms with Crippen molar-refractivity contribution in [2.45, 2.75) is 6.42 Å². The number of nitrogens with two attached hydrogens (primary N) is 1. The van der Waals surface area contributed by atoms with E-state index in [0.29, 0.717) is 4.47 Å². The van der Waals surface area contributed by atoms with Crippen LogP contribution in [0.25, 0.3) is 11.3 Å². The molecule has 0 aliphatic rings. The van der Waals surface area contributed by atoms with Crippen molar-refractivity contribution in [3.63, 3.8) is 0 Å². The van der Waals surface area contributed by atoms with Crippen LogP contribution in [-0.4, -0.2) is 4.98 Å². The maximum Gasteiger partial charge on any atom is 0.137 e. The Kier molecular flexibility index (Phi) is 4.03. The van der Waals surface area contributed by atoms with E-state index >= 15 is 0 Å². The van der Waals surface area contributed by atoms with Crippen LogP contribution in [0.2, 0.25) is 0 Å². The van der Waals surface area contributed by atoms with Crippen molar-refractivity contribution >= 4 is 33.0 Å². The molecule has 0 saturated heterocycles. The smallest absolute Gasteiger partial charge is 0.137 e. The van der Waals surface area contributed by atoms with Crippen LogP contribution in [0.15, 0.2) is 52.3 Å². The van der Waals surface area contributed by atoms with Crippen LogP contribution in [0.1, 0.15) is 10.6 Å². The Labute approximate surface area is 134 Å². The summed E-state index contributed by atoms with van der Waals surface area (Å²) < 4.78 is 13.7. The summed E-state index contributed by atoms with van der Waals surface area (Å²) in [5, 5.41) is 3.02. The third kappa shape index (κ3) is 3.31. The lowest BCUT2D eigenvalue weighted by molar-refractivity contribution is 0.621. The monoisotopic (exact) mass is 362 g/mol. The topological polar surface area (TPSA) is 38.9 Å². The summed E-state index contributed by atoms with van der Waals surface area (Å²) in [5.41, 5.74) is 9.38. The predicted molar refractivity (Wildman–Crippen MR) is 88.9 cm³/mol. The number of aromatic nitrogens is 1. The van der Waals surface area contributed by atoms with Crippen LogP contribution in [-0.2, 0) is 6.42 Å². The van der Waals surface area contributed by atoms with E-state index in [4.69, 9.17) is 5.73 Å². The van der Waals surface area contributed by atoms with Gasteiger partial charge in [0, 0.05) is 23.1 Å². The zero-order chi connectivity index (χ0) is 14.8. The van der Waals surface area contributed by atoms with Crippen molar-refractivity contribution in [3.05, 3.63) is 68.7 Å². The van der Waals surface area contributed by atoms with Gasteiger partial charge >= 0.3 is 0 Å². The van der Waals surface area contributed by atoms with Crippen LogP contribution in [0.5, 0.6) is 0 Å². The lowest BCUT2D eigenvalue weighted by atomic mass is 10.1. The lowest BCUT2D eigenvalue weighted by Gasteiger charge is -2.00. The average Bonchev–Trinajstić information content (AvgIpc) is 2.93. The maximum atomic E-state index is 13.3. The molecule has 0 fully saturated rings. The van der Waals surface area contributed by atoms with Gasteiger partial charge in [-0.2, -0.15) is 0 Å². The largest absolute Gasteiger partial charge is 0.399 e. The van der Waals surface area contributed by atoms with Crippen LogP contribution in [0, 0.1) is 5.82 Å². The Balaban J connectivity index is 1.82. The first kappa shape index (κ1) is 14.2. The average molecular weight is 363 g/mol. The van der Waals surface area contributed by atoms with Gasteiger partial charge in [-0.3, -0.25) is 0 Å². The third-order valence-corrected chi connectivity index (χ3v) is 4.56. The molecule has 2 N–H and O–H groups in total. The summed E-state index contributed by atoms with van der Waals surface area (Å²) in [7, 11) is 0. The minimum absolute atomic E-state index is 0.268. The molecular weight excluding hydrogens is 351 g/mol. The van der Waals surface area contributed by atoms with E-state index in [0.717, 1.165) is 28.4 Å². The maximum absolute atomic E-state index is 13.3. The van der Waals surface area contributed by atoms with Crippen LogP contribution in [0.4, 0.5) is 10.1 Å². The van der Waals surface area contributed by atoms with Gasteiger partial charge in [0.2, 0.25) is 0 Å². The highest BCUT2D eigenvalue weighted by molar-refractivity contribution is 9.10. The number of anilines is 1. The van der Waals surface area contributed by atoms with E-state index in [-0.39, 0.29) is 5.82 Å². The van der Waals surface area contributed by atoms with E-state index in [9.17, 15) is 4.39 Å². The summed E-state index contributed by atoms with van der Waals surface area (Å²) in [6.07, 6.45) is 0.771. The highest BCUT2D eigenvalue weighted by Gasteiger charge is 2.08. The fourth-order valence-corrected chi connectivity index (χ4v) is 3.21. The van der Waals surface area contributed by atoms with E-state index in [1.54, 1.807) is 23.5 Å². The zero-order valence-electron chi connectivity index (χ0n) is 11.0. The second-order valence-corrected chi connectivity index (χ2v) is 6.47.